The number of amides is 1. The van der Waals surface area contributed by atoms with Gasteiger partial charge >= 0.3 is 0 Å². The molecule has 20 nitrogen and oxygen atoms in total. The fraction of sp³-hybridized carbons (Fsp3) is 0.963. The van der Waals surface area contributed by atoms with Crippen LogP contribution in [0.4, 0.5) is 8.78 Å². The molecule has 3 heterocycles. The fourth-order valence-electron chi connectivity index (χ4n) is 6.33. The van der Waals surface area contributed by atoms with Crippen molar-refractivity contribution < 1.29 is 72.6 Å². The van der Waals surface area contributed by atoms with Gasteiger partial charge in [0, 0.05) is 19.1 Å². The Bertz CT molecular complexity index is 1080. The highest BCUT2D eigenvalue weighted by Crippen LogP contribution is 2.34. The molecule has 0 aromatic rings. The fourth-order valence-corrected chi connectivity index (χ4v) is 6.33. The van der Waals surface area contributed by atoms with E-state index in [1.54, 1.807) is 0 Å². The molecular formula is C27H51F2N7O13. The first-order valence-electron chi connectivity index (χ1n) is 16.1. The molecule has 19 N–H and O–H groups in total. The standard InChI is InChI=1S/C27H51F2N7O13/c28-27(29,7-32)22(42)23(43)36-11-3-10(34)19(47-24-9(33)2-1-8(4-30)44-24)21(15(11)38)49-26-18(41)20(13(6-37)46-26)48-25-14(35)17(40)16(39)12(5-31)45-25/h8-22,24-26,37-42H,1-7,30-35H2,(H,36,43)/t8-,9+,10-,11+,12-,13+,14+,15-,16+,17+,18+,19+,20+,21+,22?,24+,25+,26-/m0/s1. The molecule has 3 aliphatic heterocycles. The van der Waals surface area contributed by atoms with Gasteiger partial charge in [-0.3, -0.25) is 4.79 Å². The van der Waals surface area contributed by atoms with E-state index in [9.17, 15) is 44.2 Å². The predicted molar refractivity (Wildman–Crippen MR) is 160 cm³/mol. The van der Waals surface area contributed by atoms with Crippen molar-refractivity contribution in [1.82, 2.24) is 5.32 Å². The number of ether oxygens (including phenoxy) is 6. The number of nitrogens with one attached hydrogen (secondary N) is 1. The molecule has 0 spiro atoms. The molecule has 49 heavy (non-hydrogen) atoms. The summed E-state index contributed by atoms with van der Waals surface area (Å²) in [6.07, 6.45) is -19.9. The highest BCUT2D eigenvalue weighted by Gasteiger charge is 2.54. The number of alkyl halides is 2. The van der Waals surface area contributed by atoms with Crippen LogP contribution in [0.25, 0.3) is 0 Å². The predicted octanol–water partition coefficient (Wildman–Crippen LogP) is -7.72. The highest BCUT2D eigenvalue weighted by molar-refractivity contribution is 5.82. The number of hydrogen-bond acceptors (Lipinski definition) is 19. The van der Waals surface area contributed by atoms with Gasteiger partial charge in [-0.2, -0.15) is 0 Å². The molecule has 1 aliphatic carbocycles. The molecule has 0 radical (unpaired) electrons. The van der Waals surface area contributed by atoms with Crippen LogP contribution >= 0.6 is 0 Å². The first kappa shape index (κ1) is 40.4. The van der Waals surface area contributed by atoms with E-state index in [1.165, 1.54) is 0 Å². The van der Waals surface area contributed by atoms with Crippen LogP contribution in [0.2, 0.25) is 0 Å². The topological polar surface area (TPSA) is 362 Å². The van der Waals surface area contributed by atoms with E-state index in [0.29, 0.717) is 12.8 Å². The van der Waals surface area contributed by atoms with Crippen molar-refractivity contribution in [3.05, 3.63) is 0 Å². The van der Waals surface area contributed by atoms with E-state index in [0.717, 1.165) is 0 Å². The minimum atomic E-state index is -3.99. The Morgan fingerprint density at radius 1 is 0.796 bits per heavy atom. The molecule has 0 aromatic heterocycles. The van der Waals surface area contributed by atoms with Gasteiger partial charge in [0.1, 0.15) is 54.9 Å². The van der Waals surface area contributed by atoms with Gasteiger partial charge in [-0.25, -0.2) is 8.78 Å². The van der Waals surface area contributed by atoms with Crippen LogP contribution < -0.4 is 39.7 Å². The normalized spacial score (nSPS) is 45.6. The first-order valence-corrected chi connectivity index (χ1v) is 16.1. The molecule has 22 heteroatoms. The second kappa shape index (κ2) is 17.0. The maximum Gasteiger partial charge on any atom is 0.294 e. The molecule has 0 bridgehead atoms. The van der Waals surface area contributed by atoms with E-state index >= 15 is 0 Å². The second-order valence-corrected chi connectivity index (χ2v) is 12.8. The van der Waals surface area contributed by atoms with E-state index in [2.05, 4.69) is 5.32 Å². The molecule has 1 saturated carbocycles. The van der Waals surface area contributed by atoms with Crippen molar-refractivity contribution in [3.63, 3.8) is 0 Å². The average molecular weight is 720 g/mol. The summed E-state index contributed by atoms with van der Waals surface area (Å²) in [6, 6.07) is -4.48. The molecule has 1 amide bonds. The van der Waals surface area contributed by atoms with Crippen molar-refractivity contribution in [2.24, 2.45) is 34.4 Å². The average Bonchev–Trinajstić information content (AvgIpc) is 3.38. The van der Waals surface area contributed by atoms with Crippen LogP contribution in [0.1, 0.15) is 19.3 Å². The van der Waals surface area contributed by atoms with Crippen LogP contribution in [-0.4, -0.2) is 179 Å². The zero-order valence-electron chi connectivity index (χ0n) is 26.6. The number of halogens is 2. The molecule has 4 rings (SSSR count). The molecule has 3 saturated heterocycles. The van der Waals surface area contributed by atoms with Gasteiger partial charge in [0.05, 0.1) is 37.4 Å². The van der Waals surface area contributed by atoms with Crippen molar-refractivity contribution in [3.8, 4) is 0 Å². The summed E-state index contributed by atoms with van der Waals surface area (Å²) in [5.41, 5.74) is 35.0. The minimum Gasteiger partial charge on any atom is -0.394 e. The van der Waals surface area contributed by atoms with Crippen molar-refractivity contribution in [2.75, 3.05) is 26.2 Å². The number of carbonyl (C=O) groups excluding carboxylic acids is 1. The van der Waals surface area contributed by atoms with Crippen LogP contribution in [0.3, 0.4) is 0 Å². The molecule has 286 valence electrons. The summed E-state index contributed by atoms with van der Waals surface area (Å²) in [5, 5.41) is 65.4. The third kappa shape index (κ3) is 8.81. The minimum absolute atomic E-state index is 0.151. The number of nitrogens with two attached hydrogens (primary N) is 6. The van der Waals surface area contributed by atoms with E-state index in [4.69, 9.17) is 62.8 Å². The van der Waals surface area contributed by atoms with Crippen LogP contribution in [0, 0.1) is 0 Å². The van der Waals surface area contributed by atoms with E-state index in [-0.39, 0.29) is 19.5 Å². The van der Waals surface area contributed by atoms with Gasteiger partial charge in [0.25, 0.3) is 11.8 Å². The Balaban J connectivity index is 1.56. The number of carbonyl (C=O) groups is 1. The Morgan fingerprint density at radius 2 is 1.43 bits per heavy atom. The Hall–Kier alpha value is -1.39. The second-order valence-electron chi connectivity index (χ2n) is 12.8. The lowest BCUT2D eigenvalue weighted by atomic mass is 9.83. The smallest absolute Gasteiger partial charge is 0.294 e. The third-order valence-electron chi connectivity index (χ3n) is 9.36. The van der Waals surface area contributed by atoms with Gasteiger partial charge in [0.15, 0.2) is 25.0 Å². The molecule has 1 unspecified atom stereocenters. The molecule has 18 atom stereocenters. The summed E-state index contributed by atoms with van der Waals surface area (Å²) >= 11 is 0. The first-order chi connectivity index (χ1) is 23.1. The lowest BCUT2D eigenvalue weighted by Gasteiger charge is -2.46. The van der Waals surface area contributed by atoms with Gasteiger partial charge in [-0.1, -0.05) is 0 Å². The monoisotopic (exact) mass is 719 g/mol. The maximum absolute atomic E-state index is 14.0. The highest BCUT2D eigenvalue weighted by atomic mass is 19.3. The van der Waals surface area contributed by atoms with Crippen molar-refractivity contribution in [1.29, 1.82) is 0 Å². The Kier molecular flexibility index (Phi) is 14.0. The number of hydrogen-bond donors (Lipinski definition) is 13. The summed E-state index contributed by atoms with van der Waals surface area (Å²) in [7, 11) is 0. The van der Waals surface area contributed by atoms with Crippen molar-refractivity contribution in [2.45, 2.75) is 135 Å². The number of rotatable bonds is 13. The quantitative estimate of drug-likeness (QED) is 0.0840. The van der Waals surface area contributed by atoms with Crippen LogP contribution in [-0.2, 0) is 33.2 Å². The maximum atomic E-state index is 14.0. The summed E-state index contributed by atoms with van der Waals surface area (Å²) < 4.78 is 63.1. The van der Waals surface area contributed by atoms with Crippen molar-refractivity contribution >= 4 is 5.91 Å². The Labute approximate surface area is 280 Å². The lowest BCUT2D eigenvalue weighted by molar-refractivity contribution is -0.289. The summed E-state index contributed by atoms with van der Waals surface area (Å²) in [4.78, 5) is 12.6. The van der Waals surface area contributed by atoms with Gasteiger partial charge in [0.2, 0.25) is 0 Å². The largest absolute Gasteiger partial charge is 0.394 e. The molecule has 0 aromatic carbocycles. The van der Waals surface area contributed by atoms with Crippen LogP contribution in [0.15, 0.2) is 0 Å². The van der Waals surface area contributed by atoms with Gasteiger partial charge < -0.3 is 98.8 Å². The lowest BCUT2D eigenvalue weighted by Crippen LogP contribution is -2.67. The summed E-state index contributed by atoms with van der Waals surface area (Å²) in [5.74, 6) is -5.54. The van der Waals surface area contributed by atoms with Gasteiger partial charge in [-0.05, 0) is 19.3 Å². The molecule has 4 fully saturated rings. The van der Waals surface area contributed by atoms with Gasteiger partial charge in [-0.15, -0.1) is 0 Å². The third-order valence-corrected chi connectivity index (χ3v) is 9.36. The van der Waals surface area contributed by atoms with E-state index in [1.807, 2.05) is 0 Å². The van der Waals surface area contributed by atoms with E-state index < -0.39 is 135 Å². The number of aliphatic hydroxyl groups excluding tert-OH is 6. The zero-order valence-corrected chi connectivity index (χ0v) is 26.6. The Morgan fingerprint density at radius 3 is 2.04 bits per heavy atom. The van der Waals surface area contributed by atoms with Crippen LogP contribution in [0.5, 0.6) is 0 Å². The molecule has 4 aliphatic rings. The SMILES string of the molecule is NC[C@@H]1CC[C@@H](N)[C@@H](O[C@H]2[C@H](O[C@@H]3O[C@H](CO)[C@@H](O[C@H]4O[C@@H](CN)[C@@H](O)[C@H](O)[C@H]4N)[C@H]3O)[C@@H](O)[C@H](NC(=O)C(O)C(F)(F)CN)C[C@@H]2N)O1. The molecular weight excluding hydrogens is 668 g/mol. The summed E-state index contributed by atoms with van der Waals surface area (Å²) in [6.45, 7) is -2.14. The zero-order chi connectivity index (χ0) is 36.4. The number of aliphatic hydroxyl groups is 6.